The van der Waals surface area contributed by atoms with E-state index in [0.717, 1.165) is 29.1 Å². The minimum atomic E-state index is -0.763. The zero-order chi connectivity index (χ0) is 11.9. The Labute approximate surface area is 104 Å². The summed E-state index contributed by atoms with van der Waals surface area (Å²) in [6.45, 7) is 0. The van der Waals surface area contributed by atoms with Gasteiger partial charge in [-0.3, -0.25) is 0 Å². The van der Waals surface area contributed by atoms with Gasteiger partial charge in [-0.25, -0.2) is 4.98 Å². The number of benzene rings is 1. The van der Waals surface area contributed by atoms with Gasteiger partial charge in [0.2, 0.25) is 0 Å². The standard InChI is InChI=1S/C13H14N2OS/c14-10-1-2-11-9(7-10)3-4-13(11,16)8-12-15-5-6-17-12/h1-2,5-7,16H,3-4,8,14H2. The van der Waals surface area contributed by atoms with Gasteiger partial charge in [-0.1, -0.05) is 6.07 Å². The number of aryl methyl sites for hydroxylation is 1. The van der Waals surface area contributed by atoms with E-state index in [-0.39, 0.29) is 0 Å². The Balaban J connectivity index is 1.96. The van der Waals surface area contributed by atoms with Crippen LogP contribution in [0.2, 0.25) is 0 Å². The van der Waals surface area contributed by atoms with E-state index in [9.17, 15) is 5.11 Å². The predicted molar refractivity (Wildman–Crippen MR) is 68.9 cm³/mol. The maximum Gasteiger partial charge on any atom is 0.0965 e. The van der Waals surface area contributed by atoms with E-state index < -0.39 is 5.60 Å². The third-order valence-corrected chi connectivity index (χ3v) is 4.15. The lowest BCUT2D eigenvalue weighted by molar-refractivity contribution is 0.0389. The summed E-state index contributed by atoms with van der Waals surface area (Å²) >= 11 is 1.59. The molecule has 1 aliphatic carbocycles. The fourth-order valence-corrected chi connectivity index (χ4v) is 3.25. The molecule has 1 atom stereocenters. The van der Waals surface area contributed by atoms with E-state index in [1.54, 1.807) is 17.5 Å². The van der Waals surface area contributed by atoms with Gasteiger partial charge in [-0.15, -0.1) is 11.3 Å². The highest BCUT2D eigenvalue weighted by Gasteiger charge is 2.37. The molecule has 0 saturated carbocycles. The van der Waals surface area contributed by atoms with E-state index in [1.807, 2.05) is 23.6 Å². The third-order valence-electron chi connectivity index (χ3n) is 3.37. The molecule has 17 heavy (non-hydrogen) atoms. The van der Waals surface area contributed by atoms with Gasteiger partial charge in [0.05, 0.1) is 10.6 Å². The van der Waals surface area contributed by atoms with Crippen molar-refractivity contribution in [3.63, 3.8) is 0 Å². The van der Waals surface area contributed by atoms with Crippen molar-refractivity contribution in [2.24, 2.45) is 0 Å². The second-order valence-corrected chi connectivity index (χ2v) is 5.53. The number of nitrogens with two attached hydrogens (primary N) is 1. The molecule has 0 saturated heterocycles. The minimum Gasteiger partial charge on any atom is -0.399 e. The monoisotopic (exact) mass is 246 g/mol. The Hall–Kier alpha value is -1.39. The number of nitrogens with zero attached hydrogens (tertiary/aromatic N) is 1. The lowest BCUT2D eigenvalue weighted by Gasteiger charge is -2.22. The van der Waals surface area contributed by atoms with Gasteiger partial charge in [0.15, 0.2) is 0 Å². The summed E-state index contributed by atoms with van der Waals surface area (Å²) in [4.78, 5) is 4.25. The molecule has 1 unspecified atom stereocenters. The summed E-state index contributed by atoms with van der Waals surface area (Å²) in [5.41, 5.74) is 7.95. The molecular weight excluding hydrogens is 232 g/mol. The molecule has 0 fully saturated rings. The predicted octanol–water partition coefficient (Wildman–Crippen LogP) is 2.10. The second-order valence-electron chi connectivity index (χ2n) is 4.55. The Bertz CT molecular complexity index is 538. The van der Waals surface area contributed by atoms with E-state index >= 15 is 0 Å². The Morgan fingerprint density at radius 3 is 3.12 bits per heavy atom. The second kappa shape index (κ2) is 3.82. The van der Waals surface area contributed by atoms with Crippen LogP contribution in [0, 0.1) is 0 Å². The van der Waals surface area contributed by atoms with Crippen LogP contribution in [-0.2, 0) is 18.4 Å². The number of anilines is 1. The van der Waals surface area contributed by atoms with Gasteiger partial charge < -0.3 is 10.8 Å². The summed E-state index contributed by atoms with van der Waals surface area (Å²) in [6.07, 6.45) is 4.03. The third kappa shape index (κ3) is 1.83. The SMILES string of the molecule is Nc1ccc2c(c1)CCC2(O)Cc1nccs1. The van der Waals surface area contributed by atoms with Crippen LogP contribution in [0.1, 0.15) is 22.6 Å². The first kappa shape index (κ1) is 10.7. The number of nitrogen functional groups attached to an aromatic ring is 1. The van der Waals surface area contributed by atoms with Crippen LogP contribution in [0.3, 0.4) is 0 Å². The van der Waals surface area contributed by atoms with Crippen LogP contribution in [0.5, 0.6) is 0 Å². The highest BCUT2D eigenvalue weighted by Crippen LogP contribution is 2.40. The number of hydrogen-bond acceptors (Lipinski definition) is 4. The van der Waals surface area contributed by atoms with E-state index in [1.165, 1.54) is 5.56 Å². The first-order valence-corrected chi connectivity index (χ1v) is 6.55. The Kier molecular flexibility index (Phi) is 2.42. The summed E-state index contributed by atoms with van der Waals surface area (Å²) in [5.74, 6) is 0. The molecule has 0 amide bonds. The number of fused-ring (bicyclic) bond motifs is 1. The van der Waals surface area contributed by atoms with Crippen LogP contribution < -0.4 is 5.73 Å². The van der Waals surface area contributed by atoms with Gasteiger partial charge in [0.1, 0.15) is 0 Å². The highest BCUT2D eigenvalue weighted by molar-refractivity contribution is 7.09. The number of thiazole rings is 1. The van der Waals surface area contributed by atoms with E-state index in [4.69, 9.17) is 5.73 Å². The van der Waals surface area contributed by atoms with Crippen LogP contribution in [-0.4, -0.2) is 10.1 Å². The molecule has 1 heterocycles. The summed E-state index contributed by atoms with van der Waals surface area (Å²) in [5, 5.41) is 13.7. The minimum absolute atomic E-state index is 0.599. The molecule has 1 aromatic heterocycles. The molecule has 0 aliphatic heterocycles. The molecular formula is C13H14N2OS. The van der Waals surface area contributed by atoms with Crippen molar-refractivity contribution in [1.82, 2.24) is 4.98 Å². The van der Waals surface area contributed by atoms with Crippen molar-refractivity contribution in [1.29, 1.82) is 0 Å². The summed E-state index contributed by atoms with van der Waals surface area (Å²) in [7, 11) is 0. The fraction of sp³-hybridized carbons (Fsp3) is 0.308. The quantitative estimate of drug-likeness (QED) is 0.798. The molecule has 3 nitrogen and oxygen atoms in total. The average Bonchev–Trinajstić information content (AvgIpc) is 2.88. The number of hydrogen-bond donors (Lipinski definition) is 2. The molecule has 2 aromatic rings. The Morgan fingerprint density at radius 1 is 1.47 bits per heavy atom. The lowest BCUT2D eigenvalue weighted by Crippen LogP contribution is -2.25. The van der Waals surface area contributed by atoms with Gasteiger partial charge in [0.25, 0.3) is 0 Å². The zero-order valence-corrected chi connectivity index (χ0v) is 10.2. The maximum atomic E-state index is 10.7. The molecule has 1 aliphatic rings. The largest absolute Gasteiger partial charge is 0.399 e. The zero-order valence-electron chi connectivity index (χ0n) is 9.39. The lowest BCUT2D eigenvalue weighted by atomic mass is 9.92. The maximum absolute atomic E-state index is 10.7. The van der Waals surface area contributed by atoms with Crippen molar-refractivity contribution < 1.29 is 5.11 Å². The van der Waals surface area contributed by atoms with Crippen molar-refractivity contribution in [3.05, 3.63) is 45.9 Å². The molecule has 0 bridgehead atoms. The van der Waals surface area contributed by atoms with Gasteiger partial charge in [0, 0.05) is 23.7 Å². The first-order chi connectivity index (χ1) is 8.17. The highest BCUT2D eigenvalue weighted by atomic mass is 32.1. The van der Waals surface area contributed by atoms with Crippen molar-refractivity contribution in [2.45, 2.75) is 24.9 Å². The van der Waals surface area contributed by atoms with Gasteiger partial charge in [-0.2, -0.15) is 0 Å². The fourth-order valence-electron chi connectivity index (χ4n) is 2.52. The van der Waals surface area contributed by atoms with Crippen molar-refractivity contribution >= 4 is 17.0 Å². The summed E-state index contributed by atoms with van der Waals surface area (Å²) in [6, 6.07) is 5.78. The number of aromatic nitrogens is 1. The molecule has 0 radical (unpaired) electrons. The number of aliphatic hydroxyl groups is 1. The molecule has 88 valence electrons. The normalized spacial score (nSPS) is 22.6. The molecule has 3 rings (SSSR count). The van der Waals surface area contributed by atoms with E-state index in [0.29, 0.717) is 6.42 Å². The van der Waals surface area contributed by atoms with E-state index in [2.05, 4.69) is 4.98 Å². The van der Waals surface area contributed by atoms with Gasteiger partial charge in [-0.05, 0) is 36.1 Å². The van der Waals surface area contributed by atoms with Crippen LogP contribution in [0.25, 0.3) is 0 Å². The van der Waals surface area contributed by atoms with Crippen LogP contribution >= 0.6 is 11.3 Å². The van der Waals surface area contributed by atoms with Crippen molar-refractivity contribution in [3.8, 4) is 0 Å². The Morgan fingerprint density at radius 2 is 2.35 bits per heavy atom. The van der Waals surface area contributed by atoms with Crippen molar-refractivity contribution in [2.75, 3.05) is 5.73 Å². The van der Waals surface area contributed by atoms with Crippen LogP contribution in [0.4, 0.5) is 5.69 Å². The van der Waals surface area contributed by atoms with Crippen LogP contribution in [0.15, 0.2) is 29.8 Å². The molecule has 1 aromatic carbocycles. The topological polar surface area (TPSA) is 59.1 Å². The van der Waals surface area contributed by atoms with Gasteiger partial charge >= 0.3 is 0 Å². The average molecular weight is 246 g/mol. The first-order valence-electron chi connectivity index (χ1n) is 5.67. The summed E-state index contributed by atoms with van der Waals surface area (Å²) < 4.78 is 0. The molecule has 3 N–H and O–H groups in total. The molecule has 4 heteroatoms. The molecule has 0 spiro atoms. The number of rotatable bonds is 2. The smallest absolute Gasteiger partial charge is 0.0965 e.